The number of aromatic nitrogens is 3. The molecule has 0 aromatic carbocycles. The summed E-state index contributed by atoms with van der Waals surface area (Å²) in [5.74, 6) is 0.830. The monoisotopic (exact) mass is 394 g/mol. The molecule has 6 nitrogen and oxygen atoms in total. The average Bonchev–Trinajstić information content (AvgIpc) is 3.42. The van der Waals surface area contributed by atoms with Crippen molar-refractivity contribution in [2.24, 2.45) is 0 Å². The van der Waals surface area contributed by atoms with E-state index >= 15 is 0 Å². The van der Waals surface area contributed by atoms with Crippen LogP contribution >= 0.6 is 11.3 Å². The van der Waals surface area contributed by atoms with Gasteiger partial charge in [-0.3, -0.25) is 4.79 Å². The van der Waals surface area contributed by atoms with Crippen LogP contribution in [0.1, 0.15) is 40.0 Å². The lowest BCUT2D eigenvalue weighted by atomic mass is 10.1. The zero-order chi connectivity index (χ0) is 19.5. The molecular weight excluding hydrogens is 372 g/mol. The van der Waals surface area contributed by atoms with Gasteiger partial charge in [-0.05, 0) is 49.9 Å². The number of furan rings is 1. The van der Waals surface area contributed by atoms with E-state index in [1.54, 1.807) is 23.8 Å². The molecule has 28 heavy (non-hydrogen) atoms. The van der Waals surface area contributed by atoms with Gasteiger partial charge in [0.15, 0.2) is 5.65 Å². The van der Waals surface area contributed by atoms with Gasteiger partial charge in [-0.25, -0.2) is 9.67 Å². The van der Waals surface area contributed by atoms with E-state index in [2.05, 4.69) is 21.5 Å². The number of amides is 1. The van der Waals surface area contributed by atoms with Crippen molar-refractivity contribution >= 4 is 28.3 Å². The first kappa shape index (κ1) is 18.4. The first-order valence-electron chi connectivity index (χ1n) is 9.29. The number of hydrogen-bond donors (Lipinski definition) is 1. The fourth-order valence-electron chi connectivity index (χ4n) is 3.21. The van der Waals surface area contributed by atoms with Gasteiger partial charge in [0.25, 0.3) is 5.91 Å². The molecule has 0 fully saturated rings. The number of carbonyl (C=O) groups is 1. The Hall–Kier alpha value is -2.93. The number of thiophene rings is 1. The van der Waals surface area contributed by atoms with E-state index in [-0.39, 0.29) is 11.9 Å². The predicted octanol–water partition coefficient (Wildman–Crippen LogP) is 4.19. The van der Waals surface area contributed by atoms with Crippen LogP contribution in [0.25, 0.3) is 11.0 Å². The summed E-state index contributed by atoms with van der Waals surface area (Å²) in [4.78, 5) is 18.7. The van der Waals surface area contributed by atoms with Crippen LogP contribution < -0.4 is 5.32 Å². The highest BCUT2D eigenvalue weighted by Crippen LogP contribution is 2.21. The minimum absolute atomic E-state index is 0.0299. The van der Waals surface area contributed by atoms with Crippen LogP contribution in [0.4, 0.5) is 0 Å². The van der Waals surface area contributed by atoms with Gasteiger partial charge < -0.3 is 9.73 Å². The molecular formula is C21H22N4O2S. The van der Waals surface area contributed by atoms with Crippen molar-refractivity contribution in [1.82, 2.24) is 20.1 Å². The van der Waals surface area contributed by atoms with Gasteiger partial charge in [-0.15, -0.1) is 11.3 Å². The van der Waals surface area contributed by atoms with Gasteiger partial charge in [0, 0.05) is 23.0 Å². The predicted molar refractivity (Wildman–Crippen MR) is 110 cm³/mol. The Morgan fingerprint density at radius 2 is 2.25 bits per heavy atom. The van der Waals surface area contributed by atoms with E-state index in [4.69, 9.17) is 4.42 Å². The molecule has 0 aliphatic rings. The summed E-state index contributed by atoms with van der Waals surface area (Å²) in [6.07, 6.45) is 5.00. The molecule has 144 valence electrons. The zero-order valence-electron chi connectivity index (χ0n) is 15.9. The van der Waals surface area contributed by atoms with Crippen LogP contribution in [0.3, 0.4) is 0 Å². The molecule has 0 unspecified atom stereocenters. The van der Waals surface area contributed by atoms with E-state index in [9.17, 15) is 4.79 Å². The molecule has 4 aromatic heterocycles. The number of rotatable bonds is 7. The normalized spacial score (nSPS) is 12.4. The molecule has 0 saturated carbocycles. The highest BCUT2D eigenvalue weighted by molar-refractivity contribution is 7.09. The summed E-state index contributed by atoms with van der Waals surface area (Å²) in [5.41, 5.74) is 2.15. The number of carbonyl (C=O) groups excluding carboxylic acids is 1. The zero-order valence-corrected chi connectivity index (χ0v) is 16.7. The summed E-state index contributed by atoms with van der Waals surface area (Å²) in [7, 11) is 0. The van der Waals surface area contributed by atoms with Gasteiger partial charge in [0.1, 0.15) is 5.76 Å². The minimum atomic E-state index is -0.0990. The third kappa shape index (κ3) is 3.99. The summed E-state index contributed by atoms with van der Waals surface area (Å²) in [5, 5.41) is 10.4. The molecule has 0 aliphatic carbocycles. The molecule has 0 saturated heterocycles. The molecule has 4 heterocycles. The Labute approximate surface area is 167 Å². The highest BCUT2D eigenvalue weighted by Gasteiger charge is 2.18. The summed E-state index contributed by atoms with van der Waals surface area (Å²) < 4.78 is 7.21. The molecule has 1 atom stereocenters. The Kier molecular flexibility index (Phi) is 5.25. The summed E-state index contributed by atoms with van der Waals surface area (Å²) >= 11 is 1.68. The molecule has 0 spiro atoms. The van der Waals surface area contributed by atoms with Crippen molar-refractivity contribution in [3.63, 3.8) is 0 Å². The van der Waals surface area contributed by atoms with E-state index in [0.29, 0.717) is 12.1 Å². The average molecular weight is 395 g/mol. The lowest BCUT2D eigenvalue weighted by molar-refractivity contribution is 0.0939. The number of hydrogen-bond acceptors (Lipinski definition) is 5. The first-order valence-corrected chi connectivity index (χ1v) is 10.2. The second-order valence-corrected chi connectivity index (χ2v) is 7.95. The van der Waals surface area contributed by atoms with Crippen LogP contribution in [-0.4, -0.2) is 26.7 Å². The fourth-order valence-corrected chi connectivity index (χ4v) is 3.90. The fraction of sp³-hybridized carbons (Fsp3) is 0.286. The van der Waals surface area contributed by atoms with Gasteiger partial charge >= 0.3 is 0 Å². The van der Waals surface area contributed by atoms with Crippen molar-refractivity contribution in [2.75, 3.05) is 0 Å². The lowest BCUT2D eigenvalue weighted by Crippen LogP contribution is -2.33. The molecule has 4 aromatic rings. The molecule has 4 rings (SSSR count). The molecule has 1 N–H and O–H groups in total. The number of nitrogens with one attached hydrogen (secondary N) is 1. The van der Waals surface area contributed by atoms with Crippen LogP contribution in [0.15, 0.2) is 52.6 Å². The van der Waals surface area contributed by atoms with E-state index in [1.165, 1.54) is 4.88 Å². The summed E-state index contributed by atoms with van der Waals surface area (Å²) in [6, 6.07) is 9.78. The molecule has 0 radical (unpaired) electrons. The van der Waals surface area contributed by atoms with Crippen molar-refractivity contribution in [1.29, 1.82) is 0 Å². The maximum Gasteiger partial charge on any atom is 0.252 e. The Balaban J connectivity index is 1.52. The van der Waals surface area contributed by atoms with Crippen LogP contribution in [0.5, 0.6) is 0 Å². The second-order valence-electron chi connectivity index (χ2n) is 6.92. The van der Waals surface area contributed by atoms with Crippen LogP contribution in [-0.2, 0) is 13.0 Å². The van der Waals surface area contributed by atoms with Crippen LogP contribution in [0.2, 0.25) is 0 Å². The molecule has 0 aliphatic heterocycles. The Morgan fingerprint density at radius 3 is 3.00 bits per heavy atom. The Bertz CT molecular complexity index is 1070. The van der Waals surface area contributed by atoms with E-state index in [1.807, 2.05) is 48.2 Å². The number of pyridine rings is 1. The van der Waals surface area contributed by atoms with Crippen molar-refractivity contribution in [3.05, 3.63) is 70.1 Å². The second kappa shape index (κ2) is 7.98. The van der Waals surface area contributed by atoms with Gasteiger partial charge in [-0.1, -0.05) is 6.07 Å². The van der Waals surface area contributed by atoms with Gasteiger partial charge in [0.2, 0.25) is 0 Å². The van der Waals surface area contributed by atoms with Crippen molar-refractivity contribution < 1.29 is 9.21 Å². The quantitative estimate of drug-likeness (QED) is 0.510. The Morgan fingerprint density at radius 1 is 1.36 bits per heavy atom. The smallest absolute Gasteiger partial charge is 0.252 e. The standard InChI is InChI=1S/C21H22N4O2S/c1-14(7-8-16-5-3-9-27-16)24-21(26)18-11-15(2)23-20-19(18)12-22-25(20)13-17-6-4-10-28-17/h3-6,9-12,14H,7-8,13H2,1-2H3,(H,24,26)/t14-/m1/s1. The first-order chi connectivity index (χ1) is 13.6. The van der Waals surface area contributed by atoms with E-state index < -0.39 is 0 Å². The maximum atomic E-state index is 12.9. The highest BCUT2D eigenvalue weighted by atomic mass is 32.1. The number of nitrogens with zero attached hydrogens (tertiary/aromatic N) is 3. The largest absolute Gasteiger partial charge is 0.469 e. The lowest BCUT2D eigenvalue weighted by Gasteiger charge is -2.14. The topological polar surface area (TPSA) is 73.0 Å². The van der Waals surface area contributed by atoms with Gasteiger partial charge in [-0.2, -0.15) is 5.10 Å². The minimum Gasteiger partial charge on any atom is -0.469 e. The van der Waals surface area contributed by atoms with Crippen molar-refractivity contribution in [2.45, 2.75) is 39.3 Å². The van der Waals surface area contributed by atoms with Crippen LogP contribution in [0, 0.1) is 6.92 Å². The third-order valence-electron chi connectivity index (χ3n) is 4.65. The number of aryl methyl sites for hydroxylation is 2. The molecule has 7 heteroatoms. The molecule has 1 amide bonds. The third-order valence-corrected chi connectivity index (χ3v) is 5.51. The van der Waals surface area contributed by atoms with Gasteiger partial charge in [0.05, 0.1) is 30.0 Å². The maximum absolute atomic E-state index is 12.9. The van der Waals surface area contributed by atoms with E-state index in [0.717, 1.165) is 35.3 Å². The number of fused-ring (bicyclic) bond motifs is 1. The van der Waals surface area contributed by atoms with Crippen molar-refractivity contribution in [3.8, 4) is 0 Å². The summed E-state index contributed by atoms with van der Waals surface area (Å²) in [6.45, 7) is 4.56. The molecule has 0 bridgehead atoms. The SMILES string of the molecule is Cc1cc(C(=O)N[C@H](C)CCc2ccco2)c2cnn(Cc3cccs3)c2n1.